The van der Waals surface area contributed by atoms with E-state index in [0.29, 0.717) is 27.4 Å². The summed E-state index contributed by atoms with van der Waals surface area (Å²) in [4.78, 5) is 9.68. The number of rotatable bonds is 3. The molecule has 0 aliphatic carbocycles. The zero-order valence-electron chi connectivity index (χ0n) is 10.9. The predicted molar refractivity (Wildman–Crippen MR) is 90.0 cm³/mol. The Kier molecular flexibility index (Phi) is 4.19. The number of nitrogens with zero attached hydrogens (tertiary/aromatic N) is 2. The van der Waals surface area contributed by atoms with Crippen LogP contribution in [0.5, 0.6) is 0 Å². The molecule has 6 heteroatoms. The molecule has 0 bridgehead atoms. The summed E-state index contributed by atoms with van der Waals surface area (Å²) in [5.74, 6) is 1.70. The molecule has 0 atom stereocenters. The van der Waals surface area contributed by atoms with E-state index in [4.69, 9.17) is 28.9 Å². The molecule has 0 unspecified atom stereocenters. The lowest BCUT2D eigenvalue weighted by atomic mass is 10.2. The minimum Gasteiger partial charge on any atom is -0.383 e. The van der Waals surface area contributed by atoms with Gasteiger partial charge in [-0.3, -0.25) is 0 Å². The Morgan fingerprint density at radius 1 is 0.952 bits per heavy atom. The number of fused-ring (bicyclic) bond motifs is 1. The van der Waals surface area contributed by atoms with Gasteiger partial charge < -0.3 is 5.73 Å². The van der Waals surface area contributed by atoms with Gasteiger partial charge in [-0.15, -0.1) is 11.8 Å². The van der Waals surface area contributed by atoms with E-state index in [9.17, 15) is 0 Å². The van der Waals surface area contributed by atoms with Crippen molar-refractivity contribution < 1.29 is 0 Å². The van der Waals surface area contributed by atoms with Crippen molar-refractivity contribution in [2.45, 2.75) is 10.6 Å². The molecule has 0 fully saturated rings. The number of nitrogens with two attached hydrogens (primary N) is 1. The van der Waals surface area contributed by atoms with Gasteiger partial charge in [-0.2, -0.15) is 0 Å². The highest BCUT2D eigenvalue weighted by molar-refractivity contribution is 7.98. The first-order chi connectivity index (χ1) is 10.1. The van der Waals surface area contributed by atoms with Gasteiger partial charge in [-0.25, -0.2) is 9.97 Å². The van der Waals surface area contributed by atoms with Crippen LogP contribution in [0.3, 0.4) is 0 Å². The third-order valence-electron chi connectivity index (χ3n) is 2.94. The van der Waals surface area contributed by atoms with Crippen LogP contribution < -0.4 is 5.73 Å². The van der Waals surface area contributed by atoms with Crippen LogP contribution in [0.2, 0.25) is 10.0 Å². The van der Waals surface area contributed by atoms with Crippen LogP contribution in [0.15, 0.2) is 47.4 Å². The summed E-state index contributed by atoms with van der Waals surface area (Å²) in [6.45, 7) is 0. The Hall–Kier alpha value is -1.49. The summed E-state index contributed by atoms with van der Waals surface area (Å²) in [6, 6.07) is 13.1. The highest BCUT2D eigenvalue weighted by Gasteiger charge is 2.09. The average molecular weight is 336 g/mol. The lowest BCUT2D eigenvalue weighted by Gasteiger charge is -2.07. The van der Waals surface area contributed by atoms with Gasteiger partial charge in [0.2, 0.25) is 0 Å². The van der Waals surface area contributed by atoms with E-state index in [-0.39, 0.29) is 0 Å². The maximum atomic E-state index is 6.15. The number of anilines is 1. The number of benzene rings is 2. The molecule has 1 aromatic heterocycles. The summed E-state index contributed by atoms with van der Waals surface area (Å²) < 4.78 is 0. The molecule has 0 amide bonds. The molecule has 3 rings (SSSR count). The summed E-state index contributed by atoms with van der Waals surface area (Å²) in [6.07, 6.45) is 0. The summed E-state index contributed by atoms with van der Waals surface area (Å²) in [5.41, 5.74) is 6.81. The van der Waals surface area contributed by atoms with Gasteiger partial charge in [0.1, 0.15) is 11.6 Å². The second-order valence-corrected chi connectivity index (χ2v) is 6.18. The molecule has 106 valence electrons. The van der Waals surface area contributed by atoms with Gasteiger partial charge in [0, 0.05) is 10.3 Å². The summed E-state index contributed by atoms with van der Waals surface area (Å²) in [5, 5.41) is 2.12. The highest BCUT2D eigenvalue weighted by Crippen LogP contribution is 2.35. The largest absolute Gasteiger partial charge is 0.383 e. The van der Waals surface area contributed by atoms with Crippen molar-refractivity contribution in [2.75, 3.05) is 5.73 Å². The van der Waals surface area contributed by atoms with E-state index >= 15 is 0 Å². The number of hydrogen-bond acceptors (Lipinski definition) is 4. The number of aromatic nitrogens is 2. The van der Waals surface area contributed by atoms with Crippen molar-refractivity contribution in [3.8, 4) is 0 Å². The normalized spacial score (nSPS) is 11.0. The zero-order chi connectivity index (χ0) is 14.8. The van der Waals surface area contributed by atoms with Crippen molar-refractivity contribution in [1.29, 1.82) is 0 Å². The predicted octanol–water partition coefficient (Wildman–Crippen LogP) is 4.81. The second kappa shape index (κ2) is 6.10. The van der Waals surface area contributed by atoms with Crippen LogP contribution in [-0.2, 0) is 5.75 Å². The molecule has 21 heavy (non-hydrogen) atoms. The smallest absolute Gasteiger partial charge is 0.141 e. The van der Waals surface area contributed by atoms with Gasteiger partial charge in [0.15, 0.2) is 0 Å². The zero-order valence-corrected chi connectivity index (χ0v) is 13.2. The van der Waals surface area contributed by atoms with E-state index in [1.165, 1.54) is 11.8 Å². The molecule has 0 saturated heterocycles. The highest BCUT2D eigenvalue weighted by atomic mass is 35.5. The Labute approximate surface area is 136 Å². The quantitative estimate of drug-likeness (QED) is 0.697. The first-order valence-electron chi connectivity index (χ1n) is 6.23. The third kappa shape index (κ3) is 3.07. The third-order valence-corrected chi connectivity index (χ3v) is 4.93. The van der Waals surface area contributed by atoms with Crippen LogP contribution in [0, 0.1) is 0 Å². The minimum absolute atomic E-state index is 0.487. The minimum atomic E-state index is 0.487. The number of halogens is 2. The molecule has 0 spiro atoms. The number of hydrogen-bond donors (Lipinski definition) is 1. The van der Waals surface area contributed by atoms with Crippen molar-refractivity contribution in [2.24, 2.45) is 0 Å². The fourth-order valence-electron chi connectivity index (χ4n) is 1.97. The molecule has 3 nitrogen and oxygen atoms in total. The van der Waals surface area contributed by atoms with E-state index in [0.717, 1.165) is 15.8 Å². The van der Waals surface area contributed by atoms with Gasteiger partial charge in [-0.1, -0.05) is 41.4 Å². The lowest BCUT2D eigenvalue weighted by Crippen LogP contribution is -1.99. The van der Waals surface area contributed by atoms with Gasteiger partial charge in [0.05, 0.1) is 21.3 Å². The molecule has 1 heterocycles. The SMILES string of the molecule is Nc1nc(CSc2c(Cl)cccc2Cl)nc2ccccc12. The number of para-hydroxylation sites is 1. The molecule has 0 aliphatic heterocycles. The van der Waals surface area contributed by atoms with Gasteiger partial charge >= 0.3 is 0 Å². The standard InChI is InChI=1S/C15H11Cl2N3S/c16-10-5-3-6-11(17)14(10)21-8-13-19-12-7-2-1-4-9(12)15(18)20-13/h1-7H,8H2,(H2,18,19,20). The maximum absolute atomic E-state index is 6.15. The molecular weight excluding hydrogens is 325 g/mol. The monoisotopic (exact) mass is 335 g/mol. The fraction of sp³-hybridized carbons (Fsp3) is 0.0667. The number of nitrogen functional groups attached to an aromatic ring is 1. The van der Waals surface area contributed by atoms with Crippen molar-refractivity contribution >= 4 is 51.7 Å². The van der Waals surface area contributed by atoms with E-state index in [2.05, 4.69) is 9.97 Å². The van der Waals surface area contributed by atoms with Crippen LogP contribution >= 0.6 is 35.0 Å². The lowest BCUT2D eigenvalue weighted by molar-refractivity contribution is 1.08. The Morgan fingerprint density at radius 3 is 2.43 bits per heavy atom. The maximum Gasteiger partial charge on any atom is 0.141 e. The number of thioether (sulfide) groups is 1. The molecule has 2 N–H and O–H groups in total. The second-order valence-electron chi connectivity index (χ2n) is 4.38. The van der Waals surface area contributed by atoms with Crippen molar-refractivity contribution in [3.63, 3.8) is 0 Å². The molecule has 0 saturated carbocycles. The van der Waals surface area contributed by atoms with Gasteiger partial charge in [-0.05, 0) is 24.3 Å². The Balaban J connectivity index is 1.89. The molecular formula is C15H11Cl2N3S. The molecule has 2 aromatic carbocycles. The molecule has 0 radical (unpaired) electrons. The van der Waals surface area contributed by atoms with Crippen molar-refractivity contribution in [1.82, 2.24) is 9.97 Å². The topological polar surface area (TPSA) is 51.8 Å². The van der Waals surface area contributed by atoms with Crippen LogP contribution in [-0.4, -0.2) is 9.97 Å². The van der Waals surface area contributed by atoms with E-state index < -0.39 is 0 Å². The fourth-order valence-corrected chi connectivity index (χ4v) is 3.51. The first kappa shape index (κ1) is 14.4. The van der Waals surface area contributed by atoms with Crippen molar-refractivity contribution in [3.05, 3.63) is 58.3 Å². The first-order valence-corrected chi connectivity index (χ1v) is 7.97. The Morgan fingerprint density at radius 2 is 1.67 bits per heavy atom. The van der Waals surface area contributed by atoms with Crippen LogP contribution in [0.1, 0.15) is 5.82 Å². The van der Waals surface area contributed by atoms with E-state index in [1.54, 1.807) is 0 Å². The van der Waals surface area contributed by atoms with Crippen LogP contribution in [0.4, 0.5) is 5.82 Å². The van der Waals surface area contributed by atoms with E-state index in [1.807, 2.05) is 42.5 Å². The summed E-state index contributed by atoms with van der Waals surface area (Å²) >= 11 is 13.8. The molecule has 0 aliphatic rings. The summed E-state index contributed by atoms with van der Waals surface area (Å²) in [7, 11) is 0. The van der Waals surface area contributed by atoms with Crippen LogP contribution in [0.25, 0.3) is 10.9 Å². The Bertz CT molecular complexity index is 788. The molecule has 3 aromatic rings. The van der Waals surface area contributed by atoms with Gasteiger partial charge in [0.25, 0.3) is 0 Å². The average Bonchev–Trinajstić information content (AvgIpc) is 2.47.